The van der Waals surface area contributed by atoms with Crippen LogP contribution in [0.15, 0.2) is 23.1 Å². The molecule has 0 fully saturated rings. The van der Waals surface area contributed by atoms with Gasteiger partial charge < -0.3 is 5.32 Å². The number of hydrogen-bond donors (Lipinski definition) is 1. The van der Waals surface area contributed by atoms with Crippen molar-refractivity contribution >= 4 is 17.4 Å². The van der Waals surface area contributed by atoms with Gasteiger partial charge in [0.1, 0.15) is 0 Å². The van der Waals surface area contributed by atoms with Gasteiger partial charge in [0.15, 0.2) is 0 Å². The van der Waals surface area contributed by atoms with E-state index in [4.69, 9.17) is 5.26 Å². The summed E-state index contributed by atoms with van der Waals surface area (Å²) in [7, 11) is 0. The molecule has 0 spiro atoms. The van der Waals surface area contributed by atoms with Crippen LogP contribution in [-0.4, -0.2) is 12.3 Å². The Morgan fingerprint density at radius 3 is 3.00 bits per heavy atom. The molecule has 0 amide bonds. The maximum absolute atomic E-state index is 9.08. The average molecular weight is 218 g/mol. The second-order valence-corrected chi connectivity index (χ2v) is 5.36. The van der Waals surface area contributed by atoms with E-state index in [0.29, 0.717) is 0 Å². The topological polar surface area (TPSA) is 35.8 Å². The van der Waals surface area contributed by atoms with Crippen LogP contribution in [0.1, 0.15) is 19.4 Å². The van der Waals surface area contributed by atoms with E-state index in [0.717, 1.165) is 17.9 Å². The lowest BCUT2D eigenvalue weighted by Gasteiger charge is -2.22. The molecule has 0 saturated carbocycles. The van der Waals surface area contributed by atoms with Gasteiger partial charge in [0.05, 0.1) is 11.5 Å². The normalized spacial score (nSPS) is 15.0. The Balaban J connectivity index is 2.41. The summed E-state index contributed by atoms with van der Waals surface area (Å²) in [4.78, 5) is 1.27. The molecule has 2 nitrogen and oxygen atoms in total. The highest BCUT2D eigenvalue weighted by Crippen LogP contribution is 2.34. The number of fused-ring (bicyclic) bond motifs is 1. The van der Waals surface area contributed by atoms with E-state index in [9.17, 15) is 0 Å². The highest BCUT2D eigenvalue weighted by molar-refractivity contribution is 7.99. The summed E-state index contributed by atoms with van der Waals surface area (Å²) in [5, 5.41) is 12.4. The van der Waals surface area contributed by atoms with Crippen LogP contribution in [0.3, 0.4) is 0 Å². The van der Waals surface area contributed by atoms with Crippen LogP contribution >= 0.6 is 11.8 Å². The van der Waals surface area contributed by atoms with Gasteiger partial charge in [0.2, 0.25) is 0 Å². The number of nitrogens with zero attached hydrogens (tertiary/aromatic N) is 1. The third-order valence-electron chi connectivity index (χ3n) is 2.66. The second kappa shape index (κ2) is 3.79. The van der Waals surface area contributed by atoms with Gasteiger partial charge in [0.25, 0.3) is 0 Å². The predicted octanol–water partition coefficient (Wildman–Crippen LogP) is 3.01. The van der Waals surface area contributed by atoms with E-state index >= 15 is 0 Å². The van der Waals surface area contributed by atoms with E-state index in [1.165, 1.54) is 10.6 Å². The lowest BCUT2D eigenvalue weighted by molar-refractivity contribution is 0.685. The van der Waals surface area contributed by atoms with Crippen LogP contribution in [0.2, 0.25) is 0 Å². The first kappa shape index (κ1) is 10.4. The monoisotopic (exact) mass is 218 g/mol. The number of thioether (sulfide) groups is 1. The van der Waals surface area contributed by atoms with Crippen molar-refractivity contribution in [3.8, 4) is 6.07 Å². The molecule has 1 aliphatic rings. The quantitative estimate of drug-likeness (QED) is 0.787. The molecule has 0 unspecified atom stereocenters. The molecule has 0 bridgehead atoms. The maximum atomic E-state index is 9.08. The fourth-order valence-corrected chi connectivity index (χ4v) is 2.52. The van der Waals surface area contributed by atoms with Gasteiger partial charge in [-0.05, 0) is 31.5 Å². The average Bonchev–Trinajstić information content (AvgIpc) is 2.28. The second-order valence-electron chi connectivity index (χ2n) is 4.22. The standard InChI is InChI=1S/C12H14N2S/c1-12(2,8-13)9-3-4-10-11(7-9)15-6-5-14-10/h3-4,7,14H,5-6H2,1-2H3. The van der Waals surface area contributed by atoms with Gasteiger partial charge in [-0.2, -0.15) is 5.26 Å². The molecule has 0 aromatic heterocycles. The van der Waals surface area contributed by atoms with E-state index in [1.807, 2.05) is 31.7 Å². The van der Waals surface area contributed by atoms with Crippen molar-refractivity contribution in [3.05, 3.63) is 23.8 Å². The first-order valence-electron chi connectivity index (χ1n) is 5.06. The van der Waals surface area contributed by atoms with E-state index in [-0.39, 0.29) is 0 Å². The maximum Gasteiger partial charge on any atom is 0.0766 e. The Kier molecular flexibility index (Phi) is 2.62. The lowest BCUT2D eigenvalue weighted by atomic mass is 9.86. The molecule has 15 heavy (non-hydrogen) atoms. The number of hydrogen-bond acceptors (Lipinski definition) is 3. The number of rotatable bonds is 1. The van der Waals surface area contributed by atoms with Gasteiger partial charge in [-0.25, -0.2) is 0 Å². The Morgan fingerprint density at radius 1 is 1.47 bits per heavy atom. The van der Waals surface area contributed by atoms with Gasteiger partial charge in [0, 0.05) is 22.9 Å². The summed E-state index contributed by atoms with van der Waals surface area (Å²) in [6, 6.07) is 8.59. The molecular weight excluding hydrogens is 204 g/mol. The van der Waals surface area contributed by atoms with Crippen LogP contribution in [0.4, 0.5) is 5.69 Å². The summed E-state index contributed by atoms with van der Waals surface area (Å²) >= 11 is 1.86. The van der Waals surface area contributed by atoms with E-state index < -0.39 is 5.41 Å². The van der Waals surface area contributed by atoms with Crippen molar-refractivity contribution in [1.29, 1.82) is 5.26 Å². The largest absolute Gasteiger partial charge is 0.383 e. The van der Waals surface area contributed by atoms with Crippen molar-refractivity contribution < 1.29 is 0 Å². The van der Waals surface area contributed by atoms with Gasteiger partial charge in [-0.1, -0.05) is 6.07 Å². The SMILES string of the molecule is CC(C)(C#N)c1ccc2c(c1)SCCN2. The molecule has 0 radical (unpaired) electrons. The van der Waals surface area contributed by atoms with E-state index in [2.05, 4.69) is 23.5 Å². The molecule has 1 N–H and O–H groups in total. The van der Waals surface area contributed by atoms with Crippen molar-refractivity contribution in [3.63, 3.8) is 0 Å². The molecule has 0 atom stereocenters. The zero-order valence-electron chi connectivity index (χ0n) is 9.00. The smallest absolute Gasteiger partial charge is 0.0766 e. The minimum absolute atomic E-state index is 0.396. The predicted molar refractivity (Wildman–Crippen MR) is 64.3 cm³/mol. The molecule has 0 aliphatic carbocycles. The van der Waals surface area contributed by atoms with Crippen LogP contribution in [-0.2, 0) is 5.41 Å². The van der Waals surface area contributed by atoms with Crippen LogP contribution in [0.25, 0.3) is 0 Å². The molecule has 0 saturated heterocycles. The first-order valence-corrected chi connectivity index (χ1v) is 6.04. The summed E-state index contributed by atoms with van der Waals surface area (Å²) in [5.41, 5.74) is 1.90. The fraction of sp³-hybridized carbons (Fsp3) is 0.417. The van der Waals surface area contributed by atoms with Crippen LogP contribution in [0, 0.1) is 11.3 Å². The lowest BCUT2D eigenvalue weighted by Crippen LogP contribution is -2.16. The highest BCUT2D eigenvalue weighted by atomic mass is 32.2. The zero-order chi connectivity index (χ0) is 10.9. The molecule has 1 aromatic carbocycles. The number of anilines is 1. The van der Waals surface area contributed by atoms with Gasteiger partial charge >= 0.3 is 0 Å². The Morgan fingerprint density at radius 2 is 2.27 bits per heavy atom. The van der Waals surface area contributed by atoms with Crippen molar-refractivity contribution in [1.82, 2.24) is 0 Å². The molecule has 1 aliphatic heterocycles. The first-order chi connectivity index (χ1) is 7.13. The molecule has 78 valence electrons. The molecular formula is C12H14N2S. The van der Waals surface area contributed by atoms with Crippen molar-refractivity contribution in [2.24, 2.45) is 0 Å². The summed E-state index contributed by atoms with van der Waals surface area (Å²) < 4.78 is 0. The summed E-state index contributed by atoms with van der Waals surface area (Å²) in [5.74, 6) is 1.10. The summed E-state index contributed by atoms with van der Waals surface area (Å²) in [6.07, 6.45) is 0. The van der Waals surface area contributed by atoms with Gasteiger partial charge in [-0.3, -0.25) is 0 Å². The van der Waals surface area contributed by atoms with E-state index in [1.54, 1.807) is 0 Å². The fourth-order valence-electron chi connectivity index (χ4n) is 1.59. The third kappa shape index (κ3) is 1.95. The third-order valence-corrected chi connectivity index (χ3v) is 3.71. The number of benzene rings is 1. The van der Waals surface area contributed by atoms with Crippen molar-refractivity contribution in [2.75, 3.05) is 17.6 Å². The van der Waals surface area contributed by atoms with Crippen LogP contribution < -0.4 is 5.32 Å². The Labute approximate surface area is 94.7 Å². The number of nitrogens with one attached hydrogen (secondary N) is 1. The van der Waals surface area contributed by atoms with Crippen molar-refractivity contribution in [2.45, 2.75) is 24.2 Å². The zero-order valence-corrected chi connectivity index (χ0v) is 9.82. The van der Waals surface area contributed by atoms with Crippen LogP contribution in [0.5, 0.6) is 0 Å². The number of nitriles is 1. The van der Waals surface area contributed by atoms with Gasteiger partial charge in [-0.15, -0.1) is 11.8 Å². The molecule has 3 heteroatoms. The minimum atomic E-state index is -0.396. The molecule has 1 aromatic rings. The Hall–Kier alpha value is -1.14. The summed E-state index contributed by atoms with van der Waals surface area (Å²) in [6.45, 7) is 4.93. The molecule has 1 heterocycles. The Bertz CT molecular complexity index is 418. The minimum Gasteiger partial charge on any atom is -0.383 e. The highest BCUT2D eigenvalue weighted by Gasteiger charge is 2.21. The molecule has 2 rings (SSSR count).